The number of anilines is 1. The molecule has 0 aromatic carbocycles. The normalized spacial score (nSPS) is 10.1. The summed E-state index contributed by atoms with van der Waals surface area (Å²) in [6.07, 6.45) is 5.67. The highest BCUT2D eigenvalue weighted by atomic mass is 16.5. The molecule has 6 heteroatoms. The van der Waals surface area contributed by atoms with Crippen LogP contribution >= 0.6 is 0 Å². The van der Waals surface area contributed by atoms with Crippen LogP contribution in [0.25, 0.3) is 0 Å². The SMILES string of the molecule is COc1c(NCCc2ccncc2)nc[nH]c1=O. The van der Waals surface area contributed by atoms with E-state index >= 15 is 0 Å². The zero-order chi connectivity index (χ0) is 12.8. The van der Waals surface area contributed by atoms with E-state index < -0.39 is 0 Å². The van der Waals surface area contributed by atoms with Gasteiger partial charge in [-0.05, 0) is 24.1 Å². The molecule has 0 saturated heterocycles. The van der Waals surface area contributed by atoms with Gasteiger partial charge in [-0.2, -0.15) is 0 Å². The number of rotatable bonds is 5. The standard InChI is InChI=1S/C12H14N4O2/c1-18-10-11(15-8-16-12(10)17)14-7-4-9-2-5-13-6-3-9/h2-3,5-6,8H,4,7H2,1H3,(H2,14,15,16,17). The van der Waals surface area contributed by atoms with Gasteiger partial charge in [0.25, 0.3) is 5.56 Å². The molecule has 0 aliphatic carbocycles. The number of hydrogen-bond acceptors (Lipinski definition) is 5. The van der Waals surface area contributed by atoms with E-state index in [9.17, 15) is 4.79 Å². The molecule has 0 bridgehead atoms. The fourth-order valence-electron chi connectivity index (χ4n) is 1.58. The van der Waals surface area contributed by atoms with E-state index in [-0.39, 0.29) is 11.3 Å². The molecule has 0 aliphatic heterocycles. The fourth-order valence-corrected chi connectivity index (χ4v) is 1.58. The van der Waals surface area contributed by atoms with E-state index in [1.165, 1.54) is 19.0 Å². The van der Waals surface area contributed by atoms with Gasteiger partial charge in [0.15, 0.2) is 5.82 Å². The average molecular weight is 246 g/mol. The van der Waals surface area contributed by atoms with Crippen molar-refractivity contribution in [3.63, 3.8) is 0 Å². The van der Waals surface area contributed by atoms with Crippen molar-refractivity contribution in [2.75, 3.05) is 19.0 Å². The molecular weight excluding hydrogens is 232 g/mol. The maximum Gasteiger partial charge on any atom is 0.295 e. The Morgan fingerprint density at radius 1 is 1.39 bits per heavy atom. The van der Waals surface area contributed by atoms with Crippen molar-refractivity contribution in [3.8, 4) is 5.75 Å². The van der Waals surface area contributed by atoms with Crippen molar-refractivity contribution in [1.82, 2.24) is 15.0 Å². The van der Waals surface area contributed by atoms with Crippen molar-refractivity contribution >= 4 is 5.82 Å². The van der Waals surface area contributed by atoms with Gasteiger partial charge in [-0.15, -0.1) is 0 Å². The number of aromatic nitrogens is 3. The molecule has 0 saturated carbocycles. The van der Waals surface area contributed by atoms with Gasteiger partial charge < -0.3 is 15.0 Å². The van der Waals surface area contributed by atoms with Gasteiger partial charge in [0.1, 0.15) is 0 Å². The molecule has 0 radical (unpaired) electrons. The molecular formula is C12H14N4O2. The van der Waals surface area contributed by atoms with Crippen LogP contribution in [0.15, 0.2) is 35.6 Å². The van der Waals surface area contributed by atoms with Crippen LogP contribution in [-0.2, 0) is 6.42 Å². The molecule has 2 aromatic rings. The van der Waals surface area contributed by atoms with E-state index in [0.717, 1.165) is 6.42 Å². The van der Waals surface area contributed by atoms with Crippen LogP contribution in [0.1, 0.15) is 5.56 Å². The van der Waals surface area contributed by atoms with Gasteiger partial charge >= 0.3 is 0 Å². The molecule has 2 rings (SSSR count). The number of ether oxygens (including phenoxy) is 1. The summed E-state index contributed by atoms with van der Waals surface area (Å²) in [5.41, 5.74) is 0.875. The van der Waals surface area contributed by atoms with Gasteiger partial charge in [-0.1, -0.05) is 0 Å². The summed E-state index contributed by atoms with van der Waals surface area (Å²) in [5.74, 6) is 0.655. The summed E-state index contributed by atoms with van der Waals surface area (Å²) in [4.78, 5) is 21.9. The van der Waals surface area contributed by atoms with E-state index in [4.69, 9.17) is 4.74 Å². The Labute approximate surface area is 104 Å². The summed E-state index contributed by atoms with van der Waals surface area (Å²) >= 11 is 0. The van der Waals surface area contributed by atoms with Crippen LogP contribution in [0.2, 0.25) is 0 Å². The Morgan fingerprint density at radius 2 is 2.17 bits per heavy atom. The third-order valence-corrected chi connectivity index (χ3v) is 2.47. The average Bonchev–Trinajstić information content (AvgIpc) is 2.40. The minimum Gasteiger partial charge on any atom is -0.489 e. The monoisotopic (exact) mass is 246 g/mol. The maximum atomic E-state index is 11.4. The zero-order valence-electron chi connectivity index (χ0n) is 10.0. The third-order valence-electron chi connectivity index (χ3n) is 2.47. The Morgan fingerprint density at radius 3 is 2.89 bits per heavy atom. The van der Waals surface area contributed by atoms with Gasteiger partial charge in [0.05, 0.1) is 13.4 Å². The topological polar surface area (TPSA) is 79.9 Å². The maximum absolute atomic E-state index is 11.4. The summed E-state index contributed by atoms with van der Waals surface area (Å²) < 4.78 is 5.00. The van der Waals surface area contributed by atoms with Gasteiger partial charge in [-0.25, -0.2) is 4.98 Å². The summed E-state index contributed by atoms with van der Waals surface area (Å²) in [6.45, 7) is 0.664. The molecule has 2 heterocycles. The summed E-state index contributed by atoms with van der Waals surface area (Å²) in [5, 5.41) is 3.08. The van der Waals surface area contributed by atoms with Crippen molar-refractivity contribution in [2.45, 2.75) is 6.42 Å². The molecule has 0 fully saturated rings. The van der Waals surface area contributed by atoms with Crippen LogP contribution < -0.4 is 15.6 Å². The van der Waals surface area contributed by atoms with Crippen LogP contribution in [-0.4, -0.2) is 28.6 Å². The first-order valence-corrected chi connectivity index (χ1v) is 5.55. The van der Waals surface area contributed by atoms with Crippen molar-refractivity contribution in [2.24, 2.45) is 0 Å². The number of pyridine rings is 1. The number of aromatic amines is 1. The Balaban J connectivity index is 1.99. The van der Waals surface area contributed by atoms with Gasteiger partial charge in [-0.3, -0.25) is 9.78 Å². The van der Waals surface area contributed by atoms with E-state index in [1.54, 1.807) is 12.4 Å². The summed E-state index contributed by atoms with van der Waals surface area (Å²) in [7, 11) is 1.44. The fraction of sp³-hybridized carbons (Fsp3) is 0.250. The Kier molecular flexibility index (Phi) is 3.90. The highest BCUT2D eigenvalue weighted by molar-refractivity contribution is 5.47. The number of hydrogen-bond donors (Lipinski definition) is 2. The molecule has 6 nitrogen and oxygen atoms in total. The van der Waals surface area contributed by atoms with E-state index in [2.05, 4.69) is 20.3 Å². The molecule has 0 spiro atoms. The van der Waals surface area contributed by atoms with E-state index in [1.807, 2.05) is 12.1 Å². The first kappa shape index (κ1) is 12.1. The van der Waals surface area contributed by atoms with Crippen molar-refractivity contribution in [3.05, 3.63) is 46.8 Å². The minimum absolute atomic E-state index is 0.201. The van der Waals surface area contributed by atoms with Crippen molar-refractivity contribution < 1.29 is 4.74 Å². The van der Waals surface area contributed by atoms with Crippen LogP contribution in [0, 0.1) is 0 Å². The first-order valence-electron chi connectivity index (χ1n) is 5.55. The second-order valence-electron chi connectivity index (χ2n) is 3.65. The second-order valence-corrected chi connectivity index (χ2v) is 3.65. The molecule has 0 unspecified atom stereocenters. The lowest BCUT2D eigenvalue weighted by Gasteiger charge is -2.08. The molecule has 2 aromatic heterocycles. The zero-order valence-corrected chi connectivity index (χ0v) is 10.0. The molecule has 0 amide bonds. The van der Waals surface area contributed by atoms with Crippen LogP contribution in [0.4, 0.5) is 5.82 Å². The molecule has 0 aliphatic rings. The smallest absolute Gasteiger partial charge is 0.295 e. The van der Waals surface area contributed by atoms with Crippen LogP contribution in [0.3, 0.4) is 0 Å². The Bertz CT molecular complexity index is 554. The lowest BCUT2D eigenvalue weighted by molar-refractivity contribution is 0.408. The van der Waals surface area contributed by atoms with Gasteiger partial charge in [0.2, 0.25) is 5.75 Å². The predicted octanol–water partition coefficient (Wildman–Crippen LogP) is 0.828. The lowest BCUT2D eigenvalue weighted by atomic mass is 10.2. The quantitative estimate of drug-likeness (QED) is 0.816. The largest absolute Gasteiger partial charge is 0.489 e. The molecule has 18 heavy (non-hydrogen) atoms. The number of nitrogens with zero attached hydrogens (tertiary/aromatic N) is 2. The number of nitrogens with one attached hydrogen (secondary N) is 2. The lowest BCUT2D eigenvalue weighted by Crippen LogP contribution is -2.15. The number of H-pyrrole nitrogens is 1. The molecule has 0 atom stereocenters. The minimum atomic E-state index is -0.293. The highest BCUT2D eigenvalue weighted by Crippen LogP contribution is 2.13. The van der Waals surface area contributed by atoms with E-state index in [0.29, 0.717) is 12.4 Å². The molecule has 2 N–H and O–H groups in total. The first-order chi connectivity index (χ1) is 8.81. The highest BCUT2D eigenvalue weighted by Gasteiger charge is 2.07. The molecule has 94 valence electrons. The second kappa shape index (κ2) is 5.81. The van der Waals surface area contributed by atoms with Crippen LogP contribution in [0.5, 0.6) is 5.75 Å². The predicted molar refractivity (Wildman–Crippen MR) is 67.8 cm³/mol. The van der Waals surface area contributed by atoms with Gasteiger partial charge in [0, 0.05) is 18.9 Å². The third kappa shape index (κ3) is 2.85. The Hall–Kier alpha value is -2.37. The summed E-state index contributed by atoms with van der Waals surface area (Å²) in [6, 6.07) is 3.90. The number of methoxy groups -OCH3 is 1. The van der Waals surface area contributed by atoms with Crippen molar-refractivity contribution in [1.29, 1.82) is 0 Å².